The number of amides is 2. The Hall–Kier alpha value is -2.12. The first-order valence-corrected chi connectivity index (χ1v) is 9.05. The van der Waals surface area contributed by atoms with Crippen molar-refractivity contribution in [1.29, 1.82) is 0 Å². The number of ether oxygens (including phenoxy) is 1. The van der Waals surface area contributed by atoms with Crippen LogP contribution in [0.3, 0.4) is 0 Å². The molecular weight excluding hydrogens is 340 g/mol. The molecule has 0 aromatic heterocycles. The highest BCUT2D eigenvalue weighted by Crippen LogP contribution is 2.29. The van der Waals surface area contributed by atoms with Crippen molar-refractivity contribution in [2.24, 2.45) is 23.7 Å². The highest BCUT2D eigenvalue weighted by atomic mass is 16.6. The van der Waals surface area contributed by atoms with E-state index in [1.165, 1.54) is 0 Å². The second kappa shape index (κ2) is 9.00. The van der Waals surface area contributed by atoms with E-state index in [9.17, 15) is 24.3 Å². The van der Waals surface area contributed by atoms with Crippen LogP contribution in [0.25, 0.3) is 0 Å². The number of rotatable bonds is 9. The molecule has 0 bridgehead atoms. The van der Waals surface area contributed by atoms with Gasteiger partial charge in [-0.05, 0) is 17.8 Å². The van der Waals surface area contributed by atoms with Crippen molar-refractivity contribution >= 4 is 23.8 Å². The first kappa shape index (κ1) is 21.9. The smallest absolute Gasteiger partial charge is 0.326 e. The number of cyclic esters (lactones) is 1. The fraction of sp³-hybridized carbons (Fsp3) is 0.778. The van der Waals surface area contributed by atoms with Crippen LogP contribution in [-0.4, -0.2) is 47.0 Å². The van der Waals surface area contributed by atoms with E-state index < -0.39 is 47.9 Å². The van der Waals surface area contributed by atoms with Crippen molar-refractivity contribution < 1.29 is 29.0 Å². The molecule has 1 fully saturated rings. The zero-order valence-electron chi connectivity index (χ0n) is 16.2. The molecule has 1 aliphatic rings. The van der Waals surface area contributed by atoms with Gasteiger partial charge in [0.25, 0.3) is 5.91 Å². The molecule has 1 aliphatic heterocycles. The normalized spacial score (nSPS) is 22.8. The third kappa shape index (κ3) is 4.95. The number of carboxylic acid groups (broad SMARTS) is 1. The number of nitrogens with one attached hydrogen (secondary N) is 2. The second-order valence-electron chi connectivity index (χ2n) is 7.57. The van der Waals surface area contributed by atoms with Gasteiger partial charge in [-0.1, -0.05) is 48.0 Å². The van der Waals surface area contributed by atoms with Gasteiger partial charge in [-0.2, -0.15) is 0 Å². The first-order valence-electron chi connectivity index (χ1n) is 9.05. The van der Waals surface area contributed by atoms with Gasteiger partial charge in [0.05, 0.1) is 0 Å². The maximum atomic E-state index is 12.6. The Kier molecular flexibility index (Phi) is 7.59. The van der Waals surface area contributed by atoms with Gasteiger partial charge < -0.3 is 20.5 Å². The van der Waals surface area contributed by atoms with Crippen LogP contribution in [-0.2, 0) is 23.9 Å². The van der Waals surface area contributed by atoms with Crippen LogP contribution < -0.4 is 10.6 Å². The molecule has 0 aliphatic carbocycles. The zero-order chi connectivity index (χ0) is 20.2. The summed E-state index contributed by atoms with van der Waals surface area (Å²) >= 11 is 0. The van der Waals surface area contributed by atoms with E-state index in [1.807, 2.05) is 20.8 Å². The zero-order valence-corrected chi connectivity index (χ0v) is 16.2. The van der Waals surface area contributed by atoms with Crippen molar-refractivity contribution in [3.63, 3.8) is 0 Å². The van der Waals surface area contributed by atoms with Crippen LogP contribution in [0.2, 0.25) is 0 Å². The number of esters is 1. The van der Waals surface area contributed by atoms with Gasteiger partial charge in [0.2, 0.25) is 5.91 Å². The molecule has 0 spiro atoms. The predicted octanol–water partition coefficient (Wildman–Crippen LogP) is 0.940. The molecule has 0 radical (unpaired) electrons. The monoisotopic (exact) mass is 370 g/mol. The summed E-state index contributed by atoms with van der Waals surface area (Å²) in [5.41, 5.74) is 0. The lowest BCUT2D eigenvalue weighted by molar-refractivity contribution is -0.193. The minimum atomic E-state index is -1.12. The summed E-state index contributed by atoms with van der Waals surface area (Å²) in [6.45, 7) is 10.7. The summed E-state index contributed by atoms with van der Waals surface area (Å²) in [4.78, 5) is 47.9. The van der Waals surface area contributed by atoms with Gasteiger partial charge in [0, 0.05) is 0 Å². The highest BCUT2D eigenvalue weighted by molar-refractivity contribution is 5.97. The van der Waals surface area contributed by atoms with Crippen LogP contribution in [0.15, 0.2) is 0 Å². The maximum Gasteiger partial charge on any atom is 0.326 e. The summed E-state index contributed by atoms with van der Waals surface area (Å²) < 4.78 is 4.93. The molecule has 5 atom stereocenters. The lowest BCUT2D eigenvalue weighted by Gasteiger charge is -2.37. The van der Waals surface area contributed by atoms with Gasteiger partial charge in [-0.15, -0.1) is 0 Å². The molecule has 8 nitrogen and oxygen atoms in total. The molecule has 0 aromatic rings. The Morgan fingerprint density at radius 3 is 2.04 bits per heavy atom. The van der Waals surface area contributed by atoms with Gasteiger partial charge in [-0.3, -0.25) is 14.4 Å². The largest absolute Gasteiger partial charge is 0.480 e. The minimum Gasteiger partial charge on any atom is -0.480 e. The van der Waals surface area contributed by atoms with Crippen LogP contribution in [0, 0.1) is 23.7 Å². The molecule has 148 valence electrons. The molecule has 0 unspecified atom stereocenters. The SMILES string of the molecule is CC[C@H](C)[C@H](NC(=O)[C@@H](NC(=O)[C@@H]1OC(=O)[C@H]1C(C)C)C(C)C)C(=O)O. The van der Waals surface area contributed by atoms with E-state index in [0.29, 0.717) is 6.42 Å². The summed E-state index contributed by atoms with van der Waals surface area (Å²) in [6.07, 6.45) is -0.328. The van der Waals surface area contributed by atoms with E-state index >= 15 is 0 Å². The molecule has 2 amide bonds. The standard InChI is InChI=1S/C18H30N2O6/c1-7-10(6)13(17(23)24)20-15(21)12(9(4)5)19-16(22)14-11(8(2)3)18(25)26-14/h8-14H,7H2,1-6H3,(H,19,22)(H,20,21)(H,23,24)/t10-,11-,12-,13-,14+/m0/s1. The molecule has 0 aromatic carbocycles. The van der Waals surface area contributed by atoms with E-state index in [2.05, 4.69) is 10.6 Å². The fourth-order valence-electron chi connectivity index (χ4n) is 2.86. The Morgan fingerprint density at radius 1 is 1.08 bits per heavy atom. The van der Waals surface area contributed by atoms with Gasteiger partial charge in [-0.25, -0.2) is 4.79 Å². The molecular formula is C18H30N2O6. The quantitative estimate of drug-likeness (QED) is 0.519. The average Bonchev–Trinajstić information content (AvgIpc) is 2.52. The summed E-state index contributed by atoms with van der Waals surface area (Å²) in [5.74, 6) is -3.74. The van der Waals surface area contributed by atoms with Crippen molar-refractivity contribution in [3.8, 4) is 0 Å². The number of aliphatic carboxylic acids is 1. The highest BCUT2D eigenvalue weighted by Gasteiger charge is 2.49. The Balaban J connectivity index is 2.82. The summed E-state index contributed by atoms with van der Waals surface area (Å²) in [7, 11) is 0. The number of carbonyl (C=O) groups excluding carboxylic acids is 3. The van der Waals surface area contributed by atoms with Crippen LogP contribution in [0.4, 0.5) is 0 Å². The third-order valence-electron chi connectivity index (χ3n) is 4.84. The molecule has 1 saturated heterocycles. The number of hydrogen-bond donors (Lipinski definition) is 3. The molecule has 8 heteroatoms. The number of carboxylic acids is 1. The Bertz CT molecular complexity index is 560. The minimum absolute atomic E-state index is 0.0554. The third-order valence-corrected chi connectivity index (χ3v) is 4.84. The Morgan fingerprint density at radius 2 is 1.65 bits per heavy atom. The molecule has 3 N–H and O–H groups in total. The van der Waals surface area contributed by atoms with Gasteiger partial charge in [0.1, 0.15) is 18.0 Å². The van der Waals surface area contributed by atoms with Crippen molar-refractivity contribution in [1.82, 2.24) is 10.6 Å². The lowest BCUT2D eigenvalue weighted by atomic mass is 9.85. The van der Waals surface area contributed by atoms with Crippen molar-refractivity contribution in [3.05, 3.63) is 0 Å². The first-order chi connectivity index (χ1) is 12.0. The maximum absolute atomic E-state index is 12.6. The van der Waals surface area contributed by atoms with Crippen molar-refractivity contribution in [2.45, 2.75) is 66.2 Å². The van der Waals surface area contributed by atoms with Crippen LogP contribution in [0.5, 0.6) is 0 Å². The average molecular weight is 370 g/mol. The van der Waals surface area contributed by atoms with E-state index in [4.69, 9.17) is 4.74 Å². The van der Waals surface area contributed by atoms with Crippen LogP contribution >= 0.6 is 0 Å². The van der Waals surface area contributed by atoms with E-state index in [0.717, 1.165) is 0 Å². The van der Waals surface area contributed by atoms with Gasteiger partial charge in [0.15, 0.2) is 6.10 Å². The van der Waals surface area contributed by atoms with Gasteiger partial charge >= 0.3 is 11.9 Å². The summed E-state index contributed by atoms with van der Waals surface area (Å²) in [5, 5.41) is 14.4. The topological polar surface area (TPSA) is 122 Å². The Labute approximate surface area is 154 Å². The summed E-state index contributed by atoms with van der Waals surface area (Å²) in [6, 6.07) is -1.95. The number of hydrogen-bond acceptors (Lipinski definition) is 5. The molecule has 1 rings (SSSR count). The van der Waals surface area contributed by atoms with Crippen molar-refractivity contribution in [2.75, 3.05) is 0 Å². The van der Waals surface area contributed by atoms with Crippen LogP contribution in [0.1, 0.15) is 48.0 Å². The predicted molar refractivity (Wildman–Crippen MR) is 94.0 cm³/mol. The lowest BCUT2D eigenvalue weighted by Crippen LogP contribution is -2.61. The fourth-order valence-corrected chi connectivity index (χ4v) is 2.86. The molecule has 26 heavy (non-hydrogen) atoms. The molecule has 0 saturated carbocycles. The van der Waals surface area contributed by atoms with E-state index in [-0.39, 0.29) is 17.8 Å². The van der Waals surface area contributed by atoms with E-state index in [1.54, 1.807) is 20.8 Å². The number of carbonyl (C=O) groups is 4. The second-order valence-corrected chi connectivity index (χ2v) is 7.57. The molecule has 1 heterocycles.